The normalized spacial score (nSPS) is 11.3. The van der Waals surface area contributed by atoms with Gasteiger partial charge in [-0.1, -0.05) is 144 Å². The summed E-state index contributed by atoms with van der Waals surface area (Å²) in [7, 11) is -2.63. The summed E-state index contributed by atoms with van der Waals surface area (Å²) in [5.74, 6) is 0. The van der Waals surface area contributed by atoms with E-state index in [-0.39, 0.29) is 0 Å². The Hall–Kier alpha value is -3.11. The third-order valence-corrected chi connectivity index (χ3v) is 12.4. The monoisotopic (exact) mass is 512 g/mol. The van der Waals surface area contributed by atoms with E-state index < -0.39 is 8.07 Å². The summed E-state index contributed by atoms with van der Waals surface area (Å²) in [6, 6.07) is 24.7. The Morgan fingerprint density at radius 3 is 1.22 bits per heavy atom. The summed E-state index contributed by atoms with van der Waals surface area (Å²) in [4.78, 5) is 35.2. The maximum Gasteiger partial charge on any atom is 0.150 e. The Morgan fingerprint density at radius 2 is 0.865 bits per heavy atom. The zero-order chi connectivity index (χ0) is 26.3. The predicted molar refractivity (Wildman–Crippen MR) is 157 cm³/mol. The second-order valence-electron chi connectivity index (χ2n) is 10.1. The van der Waals surface area contributed by atoms with E-state index in [0.717, 1.165) is 53.3 Å². The number of carbonyl (C=O) groups is 3. The van der Waals surface area contributed by atoms with E-state index in [9.17, 15) is 14.4 Å². The Labute approximate surface area is 223 Å². The van der Waals surface area contributed by atoms with Gasteiger partial charge in [0.05, 0.1) is 0 Å². The van der Waals surface area contributed by atoms with Crippen LogP contribution in [0.4, 0.5) is 0 Å². The molecule has 0 radical (unpaired) electrons. The summed E-state index contributed by atoms with van der Waals surface area (Å²) in [5, 5.41) is 3.41. The number of aldehydes is 3. The van der Waals surface area contributed by atoms with Crippen LogP contribution in [0.3, 0.4) is 0 Å². The molecule has 0 fully saturated rings. The number of rotatable bonds is 17. The lowest BCUT2D eigenvalue weighted by atomic mass is 10.1. The van der Waals surface area contributed by atoms with Gasteiger partial charge in [-0.05, 0) is 21.6 Å². The van der Waals surface area contributed by atoms with Crippen LogP contribution in [0.5, 0.6) is 0 Å². The van der Waals surface area contributed by atoms with Crippen molar-refractivity contribution in [2.75, 3.05) is 0 Å². The SMILES string of the molecule is CCCCCCCCCCCC[Si](c1cccc(C=O)c1)(c1cccc(C=O)c1)c1cccc(C=O)c1. The molecule has 0 atom stereocenters. The Morgan fingerprint density at radius 1 is 0.514 bits per heavy atom. The molecular formula is C33H40O3Si. The summed E-state index contributed by atoms with van der Waals surface area (Å²) in [6.45, 7) is 2.25. The van der Waals surface area contributed by atoms with E-state index >= 15 is 0 Å². The Kier molecular flexibility index (Phi) is 11.7. The minimum absolute atomic E-state index is 0.649. The first-order chi connectivity index (χ1) is 18.2. The second kappa shape index (κ2) is 15.2. The van der Waals surface area contributed by atoms with Gasteiger partial charge >= 0.3 is 0 Å². The van der Waals surface area contributed by atoms with Crippen LogP contribution in [-0.4, -0.2) is 26.9 Å². The van der Waals surface area contributed by atoms with E-state index in [0.29, 0.717) is 16.7 Å². The van der Waals surface area contributed by atoms with Gasteiger partial charge in [-0.15, -0.1) is 0 Å². The first kappa shape index (κ1) is 28.5. The highest BCUT2D eigenvalue weighted by atomic mass is 28.3. The van der Waals surface area contributed by atoms with Crippen LogP contribution in [0.25, 0.3) is 0 Å². The number of benzene rings is 3. The summed E-state index contributed by atoms with van der Waals surface area (Å²) in [6.07, 6.45) is 15.3. The second-order valence-corrected chi connectivity index (χ2v) is 14.1. The molecule has 0 heterocycles. The van der Waals surface area contributed by atoms with Gasteiger partial charge in [0, 0.05) is 16.7 Å². The van der Waals surface area contributed by atoms with E-state index in [1.54, 1.807) is 0 Å². The zero-order valence-corrected chi connectivity index (χ0v) is 23.2. The van der Waals surface area contributed by atoms with E-state index in [1.165, 1.54) is 51.4 Å². The van der Waals surface area contributed by atoms with Gasteiger partial charge < -0.3 is 0 Å². The van der Waals surface area contributed by atoms with Gasteiger partial charge in [-0.2, -0.15) is 0 Å². The van der Waals surface area contributed by atoms with Crippen LogP contribution in [0.2, 0.25) is 6.04 Å². The number of unbranched alkanes of at least 4 members (excludes halogenated alkanes) is 9. The average molecular weight is 513 g/mol. The molecule has 0 aliphatic heterocycles. The van der Waals surface area contributed by atoms with Gasteiger partial charge in [-0.3, -0.25) is 14.4 Å². The first-order valence-electron chi connectivity index (χ1n) is 13.8. The fourth-order valence-electron chi connectivity index (χ4n) is 5.44. The van der Waals surface area contributed by atoms with Crippen molar-refractivity contribution in [1.82, 2.24) is 0 Å². The molecule has 0 aromatic heterocycles. The van der Waals surface area contributed by atoms with Crippen LogP contribution in [-0.2, 0) is 0 Å². The van der Waals surface area contributed by atoms with Crippen molar-refractivity contribution in [3.05, 3.63) is 89.5 Å². The lowest BCUT2D eigenvalue weighted by molar-refractivity contribution is 0.111. The van der Waals surface area contributed by atoms with Gasteiger partial charge in [0.15, 0.2) is 0 Å². The van der Waals surface area contributed by atoms with Crippen molar-refractivity contribution >= 4 is 42.5 Å². The molecular weight excluding hydrogens is 472 g/mol. The van der Waals surface area contributed by atoms with Crippen LogP contribution in [0.15, 0.2) is 72.8 Å². The van der Waals surface area contributed by atoms with Crippen LogP contribution in [0.1, 0.15) is 102 Å². The highest BCUT2D eigenvalue weighted by Gasteiger charge is 2.39. The lowest BCUT2D eigenvalue weighted by Crippen LogP contribution is -2.67. The molecule has 0 bridgehead atoms. The van der Waals surface area contributed by atoms with Gasteiger partial charge in [0.25, 0.3) is 0 Å². The molecule has 3 nitrogen and oxygen atoms in total. The first-order valence-corrected chi connectivity index (χ1v) is 16.1. The van der Waals surface area contributed by atoms with E-state index in [4.69, 9.17) is 0 Å². The molecule has 0 spiro atoms. The maximum absolute atomic E-state index is 11.7. The third-order valence-electron chi connectivity index (χ3n) is 7.45. The Bertz CT molecular complexity index is 1030. The van der Waals surface area contributed by atoms with Gasteiger partial charge in [0.1, 0.15) is 26.9 Å². The number of hydrogen-bond donors (Lipinski definition) is 0. The molecule has 3 rings (SSSR count). The van der Waals surface area contributed by atoms with Crippen molar-refractivity contribution in [3.63, 3.8) is 0 Å². The minimum Gasteiger partial charge on any atom is -0.298 e. The smallest absolute Gasteiger partial charge is 0.150 e. The van der Waals surface area contributed by atoms with Crippen LogP contribution < -0.4 is 15.6 Å². The number of hydrogen-bond acceptors (Lipinski definition) is 3. The zero-order valence-electron chi connectivity index (χ0n) is 22.2. The largest absolute Gasteiger partial charge is 0.298 e. The molecule has 0 N–H and O–H groups in total. The lowest BCUT2D eigenvalue weighted by Gasteiger charge is -2.34. The van der Waals surface area contributed by atoms with E-state index in [1.807, 2.05) is 54.6 Å². The molecule has 0 aliphatic carbocycles. The fraction of sp³-hybridized carbons (Fsp3) is 0.364. The van der Waals surface area contributed by atoms with Crippen LogP contribution >= 0.6 is 0 Å². The third kappa shape index (κ3) is 7.69. The van der Waals surface area contributed by atoms with Gasteiger partial charge in [-0.25, -0.2) is 0 Å². The molecule has 3 aromatic carbocycles. The molecule has 4 heteroatoms. The van der Waals surface area contributed by atoms with Gasteiger partial charge in [0.2, 0.25) is 0 Å². The fourth-order valence-corrected chi connectivity index (χ4v) is 10.5. The molecule has 0 saturated carbocycles. The van der Waals surface area contributed by atoms with E-state index in [2.05, 4.69) is 25.1 Å². The predicted octanol–water partition coefficient (Wildman–Crippen LogP) is 6.52. The molecule has 0 amide bonds. The summed E-state index contributed by atoms with van der Waals surface area (Å²) in [5.41, 5.74) is 1.95. The quantitative estimate of drug-likeness (QED) is 0.0896. The topological polar surface area (TPSA) is 51.2 Å². The molecule has 3 aromatic rings. The summed E-state index contributed by atoms with van der Waals surface area (Å²) < 4.78 is 0. The minimum atomic E-state index is -2.63. The van der Waals surface area contributed by atoms with Crippen molar-refractivity contribution in [3.8, 4) is 0 Å². The van der Waals surface area contributed by atoms with Crippen molar-refractivity contribution in [1.29, 1.82) is 0 Å². The average Bonchev–Trinajstić information content (AvgIpc) is 2.96. The molecule has 0 aliphatic rings. The number of carbonyl (C=O) groups excluding carboxylic acids is 3. The molecule has 194 valence electrons. The molecule has 37 heavy (non-hydrogen) atoms. The van der Waals surface area contributed by atoms with Crippen molar-refractivity contribution < 1.29 is 14.4 Å². The highest BCUT2D eigenvalue weighted by molar-refractivity contribution is 7.11. The highest BCUT2D eigenvalue weighted by Crippen LogP contribution is 2.20. The Balaban J connectivity index is 1.93. The summed E-state index contributed by atoms with van der Waals surface area (Å²) >= 11 is 0. The van der Waals surface area contributed by atoms with Crippen LogP contribution in [0, 0.1) is 0 Å². The standard InChI is InChI=1S/C33H40O3Si/c1-2-3-4-5-6-7-8-9-10-11-21-37(31-18-12-15-28(22-31)25-34,32-19-13-16-29(23-32)26-35)33-20-14-17-30(24-33)27-36/h12-20,22-27H,2-11,21H2,1H3. The van der Waals surface area contributed by atoms with Crippen molar-refractivity contribution in [2.24, 2.45) is 0 Å². The van der Waals surface area contributed by atoms with Crippen molar-refractivity contribution in [2.45, 2.75) is 77.2 Å². The molecule has 0 unspecified atom stereocenters. The maximum atomic E-state index is 11.7. The molecule has 0 saturated heterocycles.